The lowest BCUT2D eigenvalue weighted by atomic mass is 10.2. The van der Waals surface area contributed by atoms with Crippen molar-refractivity contribution in [3.63, 3.8) is 0 Å². The topological polar surface area (TPSA) is 78.4 Å². The molecule has 0 fully saturated rings. The van der Waals surface area contributed by atoms with Crippen molar-refractivity contribution in [2.45, 2.75) is 0 Å². The molecule has 0 bridgehead atoms. The number of benzene rings is 1. The molecule has 7 heteroatoms. The number of carboxylic acid groups (broad SMARTS) is 1. The predicted molar refractivity (Wildman–Crippen MR) is 73.1 cm³/mol. The first kappa shape index (κ1) is 14.5. The van der Waals surface area contributed by atoms with Gasteiger partial charge in [-0.3, -0.25) is 0 Å². The van der Waals surface area contributed by atoms with Crippen molar-refractivity contribution in [3.8, 4) is 0 Å². The summed E-state index contributed by atoms with van der Waals surface area (Å²) in [6.45, 7) is 3.56. The van der Waals surface area contributed by atoms with Crippen molar-refractivity contribution >= 4 is 45.2 Å². The molecule has 18 heavy (non-hydrogen) atoms. The SMILES string of the molecule is C=C(Cl)CNC(=O)Nc1ccc(Br)c(C(=O)O)c1. The van der Waals surface area contributed by atoms with Crippen LogP contribution >= 0.6 is 27.5 Å². The number of carbonyl (C=O) groups is 2. The Morgan fingerprint density at radius 1 is 1.44 bits per heavy atom. The highest BCUT2D eigenvalue weighted by molar-refractivity contribution is 9.10. The van der Waals surface area contributed by atoms with Gasteiger partial charge in [0, 0.05) is 15.2 Å². The van der Waals surface area contributed by atoms with Crippen LogP contribution in [0.25, 0.3) is 0 Å². The molecule has 5 nitrogen and oxygen atoms in total. The zero-order chi connectivity index (χ0) is 13.7. The van der Waals surface area contributed by atoms with E-state index in [0.717, 1.165) is 0 Å². The number of rotatable bonds is 4. The van der Waals surface area contributed by atoms with Gasteiger partial charge in [-0.15, -0.1) is 0 Å². The molecule has 0 aliphatic carbocycles. The number of nitrogens with one attached hydrogen (secondary N) is 2. The zero-order valence-electron chi connectivity index (χ0n) is 9.17. The van der Waals surface area contributed by atoms with Crippen LogP contribution in [0, 0.1) is 0 Å². The van der Waals surface area contributed by atoms with Gasteiger partial charge in [-0.1, -0.05) is 18.2 Å². The van der Waals surface area contributed by atoms with Crippen LogP contribution in [-0.2, 0) is 0 Å². The first-order chi connectivity index (χ1) is 8.40. The minimum absolute atomic E-state index is 0.0644. The summed E-state index contributed by atoms with van der Waals surface area (Å²) < 4.78 is 0.440. The Morgan fingerprint density at radius 3 is 2.67 bits per heavy atom. The third-order valence-corrected chi connectivity index (χ3v) is 2.72. The average molecular weight is 334 g/mol. The van der Waals surface area contributed by atoms with E-state index in [-0.39, 0.29) is 12.1 Å². The van der Waals surface area contributed by atoms with E-state index in [4.69, 9.17) is 16.7 Å². The predicted octanol–water partition coefficient (Wildman–Crippen LogP) is 3.02. The number of aromatic carboxylic acids is 1. The van der Waals surface area contributed by atoms with E-state index in [1.165, 1.54) is 6.07 Å². The molecule has 0 atom stereocenters. The smallest absolute Gasteiger partial charge is 0.336 e. The van der Waals surface area contributed by atoms with E-state index in [1.54, 1.807) is 12.1 Å². The van der Waals surface area contributed by atoms with Crippen molar-refractivity contribution < 1.29 is 14.7 Å². The van der Waals surface area contributed by atoms with Gasteiger partial charge in [0.2, 0.25) is 0 Å². The molecule has 1 aromatic carbocycles. The maximum atomic E-state index is 11.4. The molecule has 0 heterocycles. The van der Waals surface area contributed by atoms with Gasteiger partial charge >= 0.3 is 12.0 Å². The van der Waals surface area contributed by atoms with Crippen LogP contribution < -0.4 is 10.6 Å². The Bertz CT molecular complexity index is 505. The molecule has 2 amide bonds. The van der Waals surface area contributed by atoms with E-state index in [0.29, 0.717) is 15.2 Å². The van der Waals surface area contributed by atoms with Gasteiger partial charge in [0.05, 0.1) is 12.1 Å². The highest BCUT2D eigenvalue weighted by Gasteiger charge is 2.10. The van der Waals surface area contributed by atoms with Crippen molar-refractivity contribution in [1.29, 1.82) is 0 Å². The molecule has 0 radical (unpaired) electrons. The van der Waals surface area contributed by atoms with Crippen LogP contribution in [0.2, 0.25) is 0 Å². The molecule has 0 aliphatic heterocycles. The third-order valence-electron chi connectivity index (χ3n) is 1.90. The average Bonchev–Trinajstić information content (AvgIpc) is 2.28. The Balaban J connectivity index is 2.73. The normalized spacial score (nSPS) is 9.67. The number of carbonyl (C=O) groups excluding carboxylic acids is 1. The Kier molecular flexibility index (Phi) is 5.18. The van der Waals surface area contributed by atoms with E-state index in [1.807, 2.05) is 0 Å². The second-order valence-corrected chi connectivity index (χ2v) is 4.71. The summed E-state index contributed by atoms with van der Waals surface area (Å²) in [5.41, 5.74) is 0.433. The van der Waals surface area contributed by atoms with Crippen molar-refractivity contribution in [3.05, 3.63) is 39.8 Å². The van der Waals surface area contributed by atoms with Gasteiger partial charge in [-0.05, 0) is 34.1 Å². The first-order valence-corrected chi connectivity index (χ1v) is 5.98. The number of amides is 2. The monoisotopic (exact) mass is 332 g/mol. The van der Waals surface area contributed by atoms with Crippen LogP contribution in [-0.4, -0.2) is 23.7 Å². The lowest BCUT2D eigenvalue weighted by Crippen LogP contribution is -2.29. The van der Waals surface area contributed by atoms with Crippen LogP contribution in [0.5, 0.6) is 0 Å². The lowest BCUT2D eigenvalue weighted by Gasteiger charge is -2.08. The maximum Gasteiger partial charge on any atom is 0.336 e. The molecule has 0 saturated carbocycles. The van der Waals surface area contributed by atoms with E-state index in [2.05, 4.69) is 33.1 Å². The standard InChI is InChI=1S/C11H10BrClN2O3/c1-6(13)5-14-11(18)15-7-2-3-9(12)8(4-7)10(16)17/h2-4H,1,5H2,(H,16,17)(H2,14,15,18). The van der Waals surface area contributed by atoms with Crippen LogP contribution in [0.1, 0.15) is 10.4 Å². The van der Waals surface area contributed by atoms with Gasteiger partial charge in [0.25, 0.3) is 0 Å². The van der Waals surface area contributed by atoms with Crippen molar-refractivity contribution in [2.24, 2.45) is 0 Å². The van der Waals surface area contributed by atoms with E-state index in [9.17, 15) is 9.59 Å². The van der Waals surface area contributed by atoms with Gasteiger partial charge in [-0.2, -0.15) is 0 Å². The van der Waals surface area contributed by atoms with Crippen LogP contribution in [0.15, 0.2) is 34.3 Å². The van der Waals surface area contributed by atoms with Gasteiger partial charge in [-0.25, -0.2) is 9.59 Å². The van der Waals surface area contributed by atoms with Gasteiger partial charge in [0.1, 0.15) is 0 Å². The Hall–Kier alpha value is -1.53. The Labute approximate surface area is 117 Å². The molecular weight excluding hydrogens is 323 g/mol. The summed E-state index contributed by atoms with van der Waals surface area (Å²) in [6, 6.07) is 3.97. The summed E-state index contributed by atoms with van der Waals surface area (Å²) in [5, 5.41) is 14.2. The first-order valence-electron chi connectivity index (χ1n) is 4.81. The molecule has 3 N–H and O–H groups in total. The molecule has 1 rings (SSSR count). The van der Waals surface area contributed by atoms with Crippen LogP contribution in [0.4, 0.5) is 10.5 Å². The molecular formula is C11H10BrClN2O3. The summed E-state index contributed by atoms with van der Waals surface area (Å²) >= 11 is 8.60. The van der Waals surface area contributed by atoms with Gasteiger partial charge < -0.3 is 15.7 Å². The molecule has 0 aromatic heterocycles. The van der Waals surface area contributed by atoms with Crippen LogP contribution in [0.3, 0.4) is 0 Å². The molecule has 0 aliphatic rings. The highest BCUT2D eigenvalue weighted by atomic mass is 79.9. The summed E-state index contributed by atoms with van der Waals surface area (Å²) in [7, 11) is 0. The fraction of sp³-hybridized carbons (Fsp3) is 0.0909. The largest absolute Gasteiger partial charge is 0.478 e. The highest BCUT2D eigenvalue weighted by Crippen LogP contribution is 2.21. The minimum Gasteiger partial charge on any atom is -0.478 e. The fourth-order valence-electron chi connectivity index (χ4n) is 1.12. The molecule has 0 unspecified atom stereocenters. The van der Waals surface area contributed by atoms with Gasteiger partial charge in [0.15, 0.2) is 0 Å². The van der Waals surface area contributed by atoms with Crippen molar-refractivity contribution in [2.75, 3.05) is 11.9 Å². The molecule has 96 valence electrons. The fourth-order valence-corrected chi connectivity index (χ4v) is 1.60. The summed E-state index contributed by atoms with van der Waals surface area (Å²) in [4.78, 5) is 22.3. The maximum absolute atomic E-state index is 11.4. The second kappa shape index (κ2) is 6.42. The molecule has 1 aromatic rings. The number of hydrogen-bond acceptors (Lipinski definition) is 2. The quantitative estimate of drug-likeness (QED) is 0.792. The lowest BCUT2D eigenvalue weighted by molar-refractivity contribution is 0.0696. The number of hydrogen-bond donors (Lipinski definition) is 3. The Morgan fingerprint density at radius 2 is 2.11 bits per heavy atom. The summed E-state index contributed by atoms with van der Waals surface area (Å²) in [5.74, 6) is -1.08. The number of carboxylic acids is 1. The zero-order valence-corrected chi connectivity index (χ0v) is 11.5. The number of halogens is 2. The number of anilines is 1. The van der Waals surface area contributed by atoms with E-state index >= 15 is 0 Å². The summed E-state index contributed by atoms with van der Waals surface area (Å²) in [6.07, 6.45) is 0. The van der Waals surface area contributed by atoms with E-state index < -0.39 is 12.0 Å². The number of urea groups is 1. The molecule has 0 saturated heterocycles. The third kappa shape index (κ3) is 4.38. The second-order valence-electron chi connectivity index (χ2n) is 3.32. The minimum atomic E-state index is -1.08. The van der Waals surface area contributed by atoms with Crippen molar-refractivity contribution in [1.82, 2.24) is 5.32 Å². The molecule has 0 spiro atoms.